The third-order valence-corrected chi connectivity index (χ3v) is 3.00. The van der Waals surface area contributed by atoms with E-state index in [1.165, 1.54) is 25.1 Å². The van der Waals surface area contributed by atoms with Crippen LogP contribution in [0.4, 0.5) is 18.9 Å². The Labute approximate surface area is 141 Å². The molecule has 5 nitrogen and oxygen atoms in total. The van der Waals surface area contributed by atoms with Crippen molar-refractivity contribution in [2.24, 2.45) is 0 Å². The highest BCUT2D eigenvalue weighted by atomic mass is 19.4. The first kappa shape index (κ1) is 18.1. The van der Waals surface area contributed by atoms with Crippen molar-refractivity contribution in [1.29, 1.82) is 5.26 Å². The Morgan fingerprint density at radius 3 is 2.44 bits per heavy atom. The number of rotatable bonds is 5. The fraction of sp³-hybridized carbons (Fsp3) is 0.176. The van der Waals surface area contributed by atoms with Gasteiger partial charge in [-0.15, -0.1) is 13.2 Å². The minimum absolute atomic E-state index is 0.292. The molecule has 130 valence electrons. The van der Waals surface area contributed by atoms with Crippen LogP contribution in [0, 0.1) is 11.3 Å². The average molecular weight is 350 g/mol. The quantitative estimate of drug-likeness (QED) is 0.889. The Bertz CT molecular complexity index is 783. The summed E-state index contributed by atoms with van der Waals surface area (Å²) in [4.78, 5) is 12.1. The van der Waals surface area contributed by atoms with Crippen LogP contribution < -0.4 is 14.8 Å². The highest BCUT2D eigenvalue weighted by molar-refractivity contribution is 5.94. The molecule has 0 aromatic heterocycles. The Morgan fingerprint density at radius 1 is 1.16 bits per heavy atom. The number of carbonyl (C=O) groups excluding carboxylic acids is 1. The average Bonchev–Trinajstić information content (AvgIpc) is 2.55. The van der Waals surface area contributed by atoms with Crippen LogP contribution in [0.5, 0.6) is 11.5 Å². The van der Waals surface area contributed by atoms with E-state index >= 15 is 0 Å². The number of amides is 1. The normalized spacial score (nSPS) is 12.0. The van der Waals surface area contributed by atoms with Gasteiger partial charge in [-0.2, -0.15) is 5.26 Å². The Balaban J connectivity index is 1.95. The van der Waals surface area contributed by atoms with Gasteiger partial charge in [0, 0.05) is 5.69 Å². The second-order valence-electron chi connectivity index (χ2n) is 4.96. The van der Waals surface area contributed by atoms with Crippen LogP contribution in [-0.4, -0.2) is 18.4 Å². The maximum atomic E-state index is 12.1. The molecule has 25 heavy (non-hydrogen) atoms. The SMILES string of the molecule is C[C@@H](Oc1cccc(C#N)c1)C(=O)Nc1ccc(OC(F)(F)F)cc1. The van der Waals surface area contributed by atoms with E-state index < -0.39 is 18.4 Å². The van der Waals surface area contributed by atoms with Gasteiger partial charge in [-0.25, -0.2) is 0 Å². The summed E-state index contributed by atoms with van der Waals surface area (Å²) in [6, 6.07) is 13.0. The predicted molar refractivity (Wildman–Crippen MR) is 83.0 cm³/mol. The zero-order chi connectivity index (χ0) is 18.4. The standard InChI is InChI=1S/C17H13F3N2O3/c1-11(24-15-4-2-3-12(9-15)10-21)16(23)22-13-5-7-14(8-6-13)25-17(18,19)20/h2-9,11H,1H3,(H,22,23)/t11-/m1/s1. The fourth-order valence-electron chi connectivity index (χ4n) is 1.88. The second-order valence-corrected chi connectivity index (χ2v) is 4.96. The summed E-state index contributed by atoms with van der Waals surface area (Å²) >= 11 is 0. The third-order valence-electron chi connectivity index (χ3n) is 3.00. The van der Waals surface area contributed by atoms with Gasteiger partial charge < -0.3 is 14.8 Å². The van der Waals surface area contributed by atoms with E-state index in [-0.39, 0.29) is 5.75 Å². The highest BCUT2D eigenvalue weighted by Gasteiger charge is 2.31. The number of benzene rings is 2. The van der Waals surface area contributed by atoms with E-state index in [2.05, 4.69) is 10.1 Å². The third kappa shape index (κ3) is 5.73. The molecule has 0 heterocycles. The number of hydrogen-bond acceptors (Lipinski definition) is 4. The molecule has 0 aliphatic rings. The molecule has 1 amide bonds. The number of hydrogen-bond donors (Lipinski definition) is 1. The van der Waals surface area contributed by atoms with E-state index in [4.69, 9.17) is 10.00 Å². The van der Waals surface area contributed by atoms with Crippen LogP contribution in [0.1, 0.15) is 12.5 Å². The first-order chi connectivity index (χ1) is 11.8. The molecule has 2 aromatic rings. The van der Waals surface area contributed by atoms with Gasteiger partial charge in [0.2, 0.25) is 0 Å². The first-order valence-electron chi connectivity index (χ1n) is 7.10. The zero-order valence-electron chi connectivity index (χ0n) is 13.0. The lowest BCUT2D eigenvalue weighted by Crippen LogP contribution is -2.30. The minimum Gasteiger partial charge on any atom is -0.481 e. The molecule has 1 atom stereocenters. The molecule has 0 fully saturated rings. The summed E-state index contributed by atoms with van der Waals surface area (Å²) in [5.74, 6) is -0.523. The molecule has 2 aromatic carbocycles. The van der Waals surface area contributed by atoms with E-state index in [9.17, 15) is 18.0 Å². The second kappa shape index (κ2) is 7.57. The van der Waals surface area contributed by atoms with E-state index in [1.807, 2.05) is 6.07 Å². The molecular weight excluding hydrogens is 337 g/mol. The van der Waals surface area contributed by atoms with Crippen molar-refractivity contribution in [1.82, 2.24) is 0 Å². The van der Waals surface area contributed by atoms with E-state index in [0.29, 0.717) is 17.0 Å². The molecule has 0 unspecified atom stereocenters. The monoisotopic (exact) mass is 350 g/mol. The molecule has 2 rings (SSSR count). The number of nitrogens with one attached hydrogen (secondary N) is 1. The first-order valence-corrected chi connectivity index (χ1v) is 7.10. The summed E-state index contributed by atoms with van der Waals surface area (Å²) in [6.45, 7) is 1.51. The number of carbonyl (C=O) groups is 1. The van der Waals surface area contributed by atoms with Crippen molar-refractivity contribution in [2.45, 2.75) is 19.4 Å². The predicted octanol–water partition coefficient (Wildman–Crippen LogP) is 3.86. The van der Waals surface area contributed by atoms with Crippen LogP contribution in [0.2, 0.25) is 0 Å². The van der Waals surface area contributed by atoms with Gasteiger partial charge in [0.15, 0.2) is 6.10 Å². The van der Waals surface area contributed by atoms with E-state index in [1.54, 1.807) is 18.2 Å². The van der Waals surface area contributed by atoms with Gasteiger partial charge in [0.1, 0.15) is 11.5 Å². The van der Waals surface area contributed by atoms with Crippen LogP contribution in [0.15, 0.2) is 48.5 Å². The molecule has 0 saturated carbocycles. The molecule has 0 saturated heterocycles. The molecule has 8 heteroatoms. The van der Waals surface area contributed by atoms with E-state index in [0.717, 1.165) is 12.1 Å². The smallest absolute Gasteiger partial charge is 0.481 e. The van der Waals surface area contributed by atoms with Crippen molar-refractivity contribution < 1.29 is 27.4 Å². The summed E-state index contributed by atoms with van der Waals surface area (Å²) in [5.41, 5.74) is 0.686. The van der Waals surface area contributed by atoms with Gasteiger partial charge in [0.25, 0.3) is 5.91 Å². The van der Waals surface area contributed by atoms with Crippen LogP contribution in [-0.2, 0) is 4.79 Å². The highest BCUT2D eigenvalue weighted by Crippen LogP contribution is 2.24. The molecule has 0 bridgehead atoms. The van der Waals surface area contributed by atoms with Gasteiger partial charge in [-0.1, -0.05) is 6.07 Å². The van der Waals surface area contributed by atoms with Gasteiger partial charge >= 0.3 is 6.36 Å². The lowest BCUT2D eigenvalue weighted by Gasteiger charge is -2.15. The number of nitrogens with zero attached hydrogens (tertiary/aromatic N) is 1. The van der Waals surface area contributed by atoms with Crippen LogP contribution >= 0.6 is 0 Å². The lowest BCUT2D eigenvalue weighted by atomic mass is 10.2. The Morgan fingerprint density at radius 2 is 1.84 bits per heavy atom. The van der Waals surface area contributed by atoms with Crippen molar-refractivity contribution in [3.05, 3.63) is 54.1 Å². The van der Waals surface area contributed by atoms with Crippen molar-refractivity contribution in [3.63, 3.8) is 0 Å². The van der Waals surface area contributed by atoms with Gasteiger partial charge in [-0.05, 0) is 49.4 Å². The Hall–Kier alpha value is -3.21. The number of halogens is 3. The fourth-order valence-corrected chi connectivity index (χ4v) is 1.88. The Kier molecular flexibility index (Phi) is 5.49. The molecule has 0 spiro atoms. The molecule has 1 N–H and O–H groups in total. The summed E-state index contributed by atoms with van der Waals surface area (Å²) in [6.07, 6.45) is -5.65. The van der Waals surface area contributed by atoms with Gasteiger partial charge in [0.05, 0.1) is 11.6 Å². The molecule has 0 aliphatic heterocycles. The summed E-state index contributed by atoms with van der Waals surface area (Å²) in [7, 11) is 0. The maximum Gasteiger partial charge on any atom is 0.573 e. The van der Waals surface area contributed by atoms with Crippen molar-refractivity contribution in [2.75, 3.05) is 5.32 Å². The molecular formula is C17H13F3N2O3. The zero-order valence-corrected chi connectivity index (χ0v) is 13.0. The molecule has 0 radical (unpaired) electrons. The number of anilines is 1. The largest absolute Gasteiger partial charge is 0.573 e. The van der Waals surface area contributed by atoms with Crippen LogP contribution in [0.25, 0.3) is 0 Å². The lowest BCUT2D eigenvalue weighted by molar-refractivity contribution is -0.274. The maximum absolute atomic E-state index is 12.1. The van der Waals surface area contributed by atoms with Crippen LogP contribution in [0.3, 0.4) is 0 Å². The summed E-state index contributed by atoms with van der Waals surface area (Å²) in [5, 5.41) is 11.3. The molecule has 0 aliphatic carbocycles. The number of ether oxygens (including phenoxy) is 2. The summed E-state index contributed by atoms with van der Waals surface area (Å²) < 4.78 is 45.5. The van der Waals surface area contributed by atoms with Crippen molar-refractivity contribution in [3.8, 4) is 17.6 Å². The van der Waals surface area contributed by atoms with Crippen molar-refractivity contribution >= 4 is 11.6 Å². The number of alkyl halides is 3. The van der Waals surface area contributed by atoms with Gasteiger partial charge in [-0.3, -0.25) is 4.79 Å². The number of nitriles is 1. The minimum atomic E-state index is -4.77. The topological polar surface area (TPSA) is 71.3 Å².